The first-order chi connectivity index (χ1) is 7.06. The molecule has 6 nitrogen and oxygen atoms in total. The van der Waals surface area contributed by atoms with E-state index in [1.807, 2.05) is 0 Å². The average molecular weight is 217 g/mol. The van der Waals surface area contributed by atoms with Crippen LogP contribution in [0.5, 0.6) is 0 Å². The Kier molecular flexibility index (Phi) is 7.17. The van der Waals surface area contributed by atoms with E-state index in [1.165, 1.54) is 0 Å². The van der Waals surface area contributed by atoms with Crippen LogP contribution in [0.4, 0.5) is 0 Å². The first-order valence-corrected chi connectivity index (χ1v) is 4.66. The summed E-state index contributed by atoms with van der Waals surface area (Å²) in [6.07, 6.45) is 0.935. The van der Waals surface area contributed by atoms with Gasteiger partial charge in [0.05, 0.1) is 12.8 Å². The van der Waals surface area contributed by atoms with E-state index >= 15 is 0 Å². The maximum absolute atomic E-state index is 10.3. The van der Waals surface area contributed by atoms with Crippen LogP contribution in [0.2, 0.25) is 0 Å². The van der Waals surface area contributed by atoms with Crippen molar-refractivity contribution in [3.05, 3.63) is 0 Å². The lowest BCUT2D eigenvalue weighted by atomic mass is 10.3. The summed E-state index contributed by atoms with van der Waals surface area (Å²) in [4.78, 5) is 32.4. The second-order valence-corrected chi connectivity index (χ2v) is 3.08. The summed E-state index contributed by atoms with van der Waals surface area (Å²) in [6.45, 7) is 0.955. The molecular formula is C9H15NO5. The van der Waals surface area contributed by atoms with Gasteiger partial charge in [-0.05, 0) is 0 Å². The second-order valence-electron chi connectivity index (χ2n) is 3.08. The normalized spacial score (nSPS) is 10.2. The highest BCUT2D eigenvalue weighted by atomic mass is 16.4. The smallest absolute Gasteiger partial charge is 0.304 e. The van der Waals surface area contributed by atoms with Crippen molar-refractivity contribution in [3.63, 3.8) is 0 Å². The minimum Gasteiger partial charge on any atom is -0.481 e. The Morgan fingerprint density at radius 3 is 1.80 bits per heavy atom. The first kappa shape index (κ1) is 13.6. The standard InChI is InChI=1S/C9H15NO5/c11-7-1-4-10(5-2-8(12)13)6-3-9(14)15/h7H,1-6H2,(H,12,13)(H,14,15). The summed E-state index contributed by atoms with van der Waals surface area (Å²) in [5.74, 6) is -1.86. The molecule has 15 heavy (non-hydrogen) atoms. The Balaban J connectivity index is 3.87. The van der Waals surface area contributed by atoms with E-state index in [0.717, 1.165) is 6.29 Å². The molecule has 0 fully saturated rings. The van der Waals surface area contributed by atoms with Crippen LogP contribution in [0, 0.1) is 0 Å². The van der Waals surface area contributed by atoms with E-state index in [2.05, 4.69) is 0 Å². The van der Waals surface area contributed by atoms with E-state index in [-0.39, 0.29) is 25.9 Å². The number of carboxylic acids is 2. The highest BCUT2D eigenvalue weighted by Crippen LogP contribution is 1.96. The van der Waals surface area contributed by atoms with Gasteiger partial charge >= 0.3 is 11.9 Å². The highest BCUT2D eigenvalue weighted by Gasteiger charge is 2.08. The van der Waals surface area contributed by atoms with Crippen molar-refractivity contribution in [1.82, 2.24) is 4.90 Å². The topological polar surface area (TPSA) is 94.9 Å². The molecular weight excluding hydrogens is 202 g/mol. The number of hydrogen-bond donors (Lipinski definition) is 2. The molecule has 86 valence electrons. The molecule has 0 spiro atoms. The molecule has 0 aromatic rings. The highest BCUT2D eigenvalue weighted by molar-refractivity contribution is 5.67. The van der Waals surface area contributed by atoms with E-state index in [9.17, 15) is 14.4 Å². The van der Waals surface area contributed by atoms with Crippen molar-refractivity contribution >= 4 is 18.2 Å². The van der Waals surface area contributed by atoms with Crippen molar-refractivity contribution in [1.29, 1.82) is 0 Å². The molecule has 0 bridgehead atoms. The predicted molar refractivity (Wildman–Crippen MR) is 51.6 cm³/mol. The largest absolute Gasteiger partial charge is 0.481 e. The van der Waals surface area contributed by atoms with Gasteiger partial charge in [0.25, 0.3) is 0 Å². The lowest BCUT2D eigenvalue weighted by molar-refractivity contribution is -0.137. The van der Waals surface area contributed by atoms with Gasteiger partial charge in [-0.2, -0.15) is 0 Å². The van der Waals surface area contributed by atoms with Crippen LogP contribution >= 0.6 is 0 Å². The minimum absolute atomic E-state index is 0.0432. The Bertz CT molecular complexity index is 211. The van der Waals surface area contributed by atoms with E-state index < -0.39 is 11.9 Å². The SMILES string of the molecule is O=CCCN(CCC(=O)O)CCC(=O)O. The molecule has 0 atom stereocenters. The Hall–Kier alpha value is -1.43. The van der Waals surface area contributed by atoms with Crippen LogP contribution in [0.25, 0.3) is 0 Å². The van der Waals surface area contributed by atoms with E-state index in [0.29, 0.717) is 13.0 Å². The van der Waals surface area contributed by atoms with Gasteiger partial charge in [0.2, 0.25) is 0 Å². The second kappa shape index (κ2) is 7.93. The lowest BCUT2D eigenvalue weighted by Crippen LogP contribution is -2.30. The summed E-state index contributed by atoms with van der Waals surface area (Å²) >= 11 is 0. The predicted octanol–water partition coefficient (Wildman–Crippen LogP) is -0.173. The molecule has 0 aromatic heterocycles. The molecule has 0 radical (unpaired) electrons. The fourth-order valence-corrected chi connectivity index (χ4v) is 1.08. The van der Waals surface area contributed by atoms with Gasteiger partial charge in [0.1, 0.15) is 6.29 Å². The molecule has 0 aliphatic heterocycles. The monoisotopic (exact) mass is 217 g/mol. The van der Waals surface area contributed by atoms with Crippen LogP contribution in [0.3, 0.4) is 0 Å². The maximum Gasteiger partial charge on any atom is 0.304 e. The van der Waals surface area contributed by atoms with Crippen molar-refractivity contribution in [2.45, 2.75) is 19.3 Å². The van der Waals surface area contributed by atoms with Gasteiger partial charge in [-0.15, -0.1) is 0 Å². The number of hydrogen-bond acceptors (Lipinski definition) is 4. The molecule has 0 heterocycles. The lowest BCUT2D eigenvalue weighted by Gasteiger charge is -2.19. The molecule has 0 unspecified atom stereocenters. The van der Waals surface area contributed by atoms with E-state index in [4.69, 9.17) is 10.2 Å². The Labute approximate surface area is 87.5 Å². The molecule has 0 amide bonds. The molecule has 2 N–H and O–H groups in total. The van der Waals surface area contributed by atoms with Gasteiger partial charge in [-0.3, -0.25) is 9.59 Å². The summed E-state index contributed by atoms with van der Waals surface area (Å²) in [5, 5.41) is 16.9. The fraction of sp³-hybridized carbons (Fsp3) is 0.667. The zero-order valence-electron chi connectivity index (χ0n) is 8.39. The number of aldehydes is 1. The van der Waals surface area contributed by atoms with Crippen molar-refractivity contribution < 1.29 is 24.6 Å². The van der Waals surface area contributed by atoms with E-state index in [1.54, 1.807) is 4.90 Å². The third-order valence-corrected chi connectivity index (χ3v) is 1.85. The molecule has 0 aliphatic carbocycles. The summed E-state index contributed by atoms with van der Waals surface area (Å²) < 4.78 is 0. The Morgan fingerprint density at radius 2 is 1.47 bits per heavy atom. The number of rotatable bonds is 9. The minimum atomic E-state index is -0.929. The van der Waals surface area contributed by atoms with Crippen LogP contribution in [0.15, 0.2) is 0 Å². The van der Waals surface area contributed by atoms with Crippen LogP contribution in [-0.2, 0) is 14.4 Å². The molecule has 0 rings (SSSR count). The molecule has 0 saturated carbocycles. The number of carboxylic acid groups (broad SMARTS) is 2. The number of aliphatic carboxylic acids is 2. The Morgan fingerprint density at radius 1 is 1.00 bits per heavy atom. The zero-order valence-corrected chi connectivity index (χ0v) is 8.39. The first-order valence-electron chi connectivity index (χ1n) is 4.66. The van der Waals surface area contributed by atoms with Gasteiger partial charge < -0.3 is 19.9 Å². The number of carbonyl (C=O) groups excluding carboxylic acids is 1. The maximum atomic E-state index is 10.3. The van der Waals surface area contributed by atoms with Crippen LogP contribution in [0.1, 0.15) is 19.3 Å². The fourth-order valence-electron chi connectivity index (χ4n) is 1.08. The summed E-state index contributed by atoms with van der Waals surface area (Å²) in [5.41, 5.74) is 0. The third kappa shape index (κ3) is 8.89. The zero-order chi connectivity index (χ0) is 11.7. The van der Waals surface area contributed by atoms with Crippen LogP contribution < -0.4 is 0 Å². The summed E-state index contributed by atoms with van der Waals surface area (Å²) in [6, 6.07) is 0. The van der Waals surface area contributed by atoms with Crippen molar-refractivity contribution in [2.24, 2.45) is 0 Å². The quantitative estimate of drug-likeness (QED) is 0.520. The van der Waals surface area contributed by atoms with Crippen molar-refractivity contribution in [2.75, 3.05) is 19.6 Å². The molecule has 0 aromatic carbocycles. The molecule has 0 saturated heterocycles. The van der Waals surface area contributed by atoms with Crippen LogP contribution in [-0.4, -0.2) is 53.0 Å². The van der Waals surface area contributed by atoms with Gasteiger partial charge in [0, 0.05) is 26.1 Å². The number of nitrogens with zero attached hydrogens (tertiary/aromatic N) is 1. The van der Waals surface area contributed by atoms with Gasteiger partial charge in [0.15, 0.2) is 0 Å². The molecule has 6 heteroatoms. The third-order valence-electron chi connectivity index (χ3n) is 1.85. The van der Waals surface area contributed by atoms with Crippen molar-refractivity contribution in [3.8, 4) is 0 Å². The molecule has 0 aliphatic rings. The summed E-state index contributed by atoms with van der Waals surface area (Å²) in [7, 11) is 0. The average Bonchev–Trinajstić information content (AvgIpc) is 2.16. The van der Waals surface area contributed by atoms with Gasteiger partial charge in [-0.1, -0.05) is 0 Å². The number of carbonyl (C=O) groups is 3. The van der Waals surface area contributed by atoms with Gasteiger partial charge in [-0.25, -0.2) is 0 Å².